The highest BCUT2D eigenvalue weighted by atomic mass is 16.7. The Morgan fingerprint density at radius 3 is 2.68 bits per heavy atom. The third-order valence-corrected chi connectivity index (χ3v) is 3.35. The average Bonchev–Trinajstić information content (AvgIpc) is 2.57. The molecule has 0 aliphatic rings. The van der Waals surface area contributed by atoms with Crippen LogP contribution in [-0.4, -0.2) is 21.6 Å². The van der Waals surface area contributed by atoms with Crippen molar-refractivity contribution >= 4 is 17.0 Å². The van der Waals surface area contributed by atoms with Gasteiger partial charge >= 0.3 is 0 Å². The fraction of sp³-hybridized carbons (Fsp3) is 0.125. The fourth-order valence-corrected chi connectivity index (χ4v) is 2.30. The second-order valence-corrected chi connectivity index (χ2v) is 4.65. The Kier molecular flexibility index (Phi) is 3.86. The Morgan fingerprint density at radius 1 is 1.23 bits per heavy atom. The van der Waals surface area contributed by atoms with Crippen LogP contribution in [0, 0.1) is 0 Å². The Balaban J connectivity index is 2.23. The first-order valence-electron chi connectivity index (χ1n) is 6.75. The van der Waals surface area contributed by atoms with Crippen LogP contribution >= 0.6 is 0 Å². The fourth-order valence-electron chi connectivity index (χ4n) is 2.30. The highest BCUT2D eigenvalue weighted by Crippen LogP contribution is 2.27. The van der Waals surface area contributed by atoms with Crippen LogP contribution in [0.4, 0.5) is 11.4 Å². The predicted octanol–water partition coefficient (Wildman–Crippen LogP) is 1.89. The van der Waals surface area contributed by atoms with Gasteiger partial charge in [0, 0.05) is 12.4 Å². The van der Waals surface area contributed by atoms with Gasteiger partial charge < -0.3 is 5.11 Å². The van der Waals surface area contributed by atoms with Crippen LogP contribution in [0.2, 0.25) is 0 Å². The van der Waals surface area contributed by atoms with E-state index in [9.17, 15) is 9.90 Å². The minimum absolute atomic E-state index is 0.248. The second-order valence-electron chi connectivity index (χ2n) is 4.65. The van der Waals surface area contributed by atoms with Crippen molar-refractivity contribution in [1.29, 1.82) is 0 Å². The van der Waals surface area contributed by atoms with E-state index in [1.165, 1.54) is 10.6 Å². The first-order valence-corrected chi connectivity index (χ1v) is 6.75. The predicted molar refractivity (Wildman–Crippen MR) is 83.0 cm³/mol. The molecule has 0 saturated carbocycles. The van der Waals surface area contributed by atoms with Gasteiger partial charge in [0.2, 0.25) is 0 Å². The number of para-hydroxylation sites is 1. The van der Waals surface area contributed by atoms with E-state index in [2.05, 4.69) is 4.98 Å². The molecular formula is C16H15N3O3. The third-order valence-electron chi connectivity index (χ3n) is 3.35. The van der Waals surface area contributed by atoms with Crippen molar-refractivity contribution < 1.29 is 9.94 Å². The molecule has 22 heavy (non-hydrogen) atoms. The number of anilines is 2. The second kappa shape index (κ2) is 5.97. The highest BCUT2D eigenvalue weighted by Gasteiger charge is 2.14. The number of nitrogens with zero attached hydrogens (tertiary/aromatic N) is 3. The molecule has 3 rings (SSSR count). The molecule has 112 valence electrons. The van der Waals surface area contributed by atoms with Crippen LogP contribution in [0.1, 0.15) is 5.56 Å². The molecule has 6 heteroatoms. The zero-order valence-corrected chi connectivity index (χ0v) is 12.0. The molecular weight excluding hydrogens is 282 g/mol. The van der Waals surface area contributed by atoms with Crippen molar-refractivity contribution in [3.63, 3.8) is 0 Å². The number of fused-ring (bicyclic) bond motifs is 1. The number of hydrogen-bond donors (Lipinski definition) is 1. The summed E-state index contributed by atoms with van der Waals surface area (Å²) in [5, 5.41) is 10.8. The number of aromatic nitrogens is 2. The lowest BCUT2D eigenvalue weighted by molar-refractivity contribution is 0.202. The van der Waals surface area contributed by atoms with Crippen LogP contribution in [0.3, 0.4) is 0 Å². The zero-order chi connectivity index (χ0) is 15.5. The first kappa shape index (κ1) is 14.2. The number of aliphatic hydroxyl groups excluding tert-OH is 1. The monoisotopic (exact) mass is 297 g/mol. The minimum atomic E-state index is -0.342. The summed E-state index contributed by atoms with van der Waals surface area (Å²) in [5.74, 6) is 0. The maximum atomic E-state index is 12.3. The molecule has 0 spiro atoms. The van der Waals surface area contributed by atoms with Gasteiger partial charge in [-0.3, -0.25) is 14.0 Å². The summed E-state index contributed by atoms with van der Waals surface area (Å²) in [5.41, 5.74) is 1.86. The van der Waals surface area contributed by atoms with Gasteiger partial charge in [-0.2, -0.15) is 0 Å². The first-order chi connectivity index (χ1) is 10.8. The molecule has 0 aliphatic heterocycles. The number of rotatable bonds is 4. The molecule has 0 amide bonds. The molecule has 2 aromatic heterocycles. The zero-order valence-electron chi connectivity index (χ0n) is 12.0. The van der Waals surface area contributed by atoms with Gasteiger partial charge in [-0.05, 0) is 24.3 Å². The summed E-state index contributed by atoms with van der Waals surface area (Å²) in [6, 6.07) is 13.1. The van der Waals surface area contributed by atoms with Crippen molar-refractivity contribution in [2.75, 3.05) is 12.2 Å². The molecule has 6 nitrogen and oxygen atoms in total. The van der Waals surface area contributed by atoms with Crippen molar-refractivity contribution in [2.45, 2.75) is 6.61 Å². The van der Waals surface area contributed by atoms with Crippen LogP contribution in [-0.2, 0) is 11.4 Å². The van der Waals surface area contributed by atoms with Crippen molar-refractivity contribution in [2.24, 2.45) is 0 Å². The van der Waals surface area contributed by atoms with E-state index in [0.29, 0.717) is 11.3 Å². The molecule has 1 N–H and O–H groups in total. The summed E-state index contributed by atoms with van der Waals surface area (Å²) in [6.45, 7) is -0.342. The van der Waals surface area contributed by atoms with Gasteiger partial charge in [0.05, 0.1) is 25.0 Å². The molecule has 0 fully saturated rings. The molecule has 0 saturated heterocycles. The Bertz CT molecular complexity index is 846. The van der Waals surface area contributed by atoms with Gasteiger partial charge in [-0.25, -0.2) is 10.0 Å². The minimum Gasteiger partial charge on any atom is -0.391 e. The highest BCUT2D eigenvalue weighted by molar-refractivity contribution is 5.74. The smallest absolute Gasteiger partial charge is 0.263 e. The molecule has 1 aromatic carbocycles. The van der Waals surface area contributed by atoms with Gasteiger partial charge in [0.25, 0.3) is 5.56 Å². The molecule has 2 heterocycles. The number of benzene rings is 1. The standard InChI is InChI=1S/C16H15N3O3/c1-22-19(13-6-3-2-4-7-13)14-8-5-9-18-15(14)17-10-12(11-20)16(18)21/h2-10,20H,11H2,1H3. The third kappa shape index (κ3) is 2.34. The summed E-state index contributed by atoms with van der Waals surface area (Å²) >= 11 is 0. The molecule has 0 atom stereocenters. The SMILES string of the molecule is CON(c1ccccc1)c1cccn2c(=O)c(CO)cnc12. The van der Waals surface area contributed by atoms with Crippen LogP contribution in [0.5, 0.6) is 0 Å². The lowest BCUT2D eigenvalue weighted by atomic mass is 10.3. The number of hydrogen-bond acceptors (Lipinski definition) is 5. The lowest BCUT2D eigenvalue weighted by Gasteiger charge is -2.22. The molecule has 0 radical (unpaired) electrons. The maximum Gasteiger partial charge on any atom is 0.263 e. The van der Waals surface area contributed by atoms with E-state index in [-0.39, 0.29) is 17.7 Å². The summed E-state index contributed by atoms with van der Waals surface area (Å²) in [7, 11) is 1.55. The van der Waals surface area contributed by atoms with Gasteiger partial charge in [0.1, 0.15) is 5.69 Å². The van der Waals surface area contributed by atoms with Crippen LogP contribution in [0.15, 0.2) is 59.7 Å². The van der Waals surface area contributed by atoms with E-state index in [0.717, 1.165) is 5.69 Å². The van der Waals surface area contributed by atoms with Crippen molar-refractivity contribution in [1.82, 2.24) is 9.38 Å². The van der Waals surface area contributed by atoms with Crippen LogP contribution < -0.4 is 10.6 Å². The van der Waals surface area contributed by atoms with Gasteiger partial charge in [-0.15, -0.1) is 0 Å². The van der Waals surface area contributed by atoms with E-state index >= 15 is 0 Å². The summed E-state index contributed by atoms with van der Waals surface area (Å²) in [6.07, 6.45) is 3.01. The van der Waals surface area contributed by atoms with E-state index in [1.54, 1.807) is 24.4 Å². The molecule has 3 aromatic rings. The van der Waals surface area contributed by atoms with Gasteiger partial charge in [0.15, 0.2) is 5.65 Å². The van der Waals surface area contributed by atoms with Crippen LogP contribution in [0.25, 0.3) is 5.65 Å². The van der Waals surface area contributed by atoms with E-state index < -0.39 is 0 Å². The maximum absolute atomic E-state index is 12.3. The van der Waals surface area contributed by atoms with Gasteiger partial charge in [-0.1, -0.05) is 18.2 Å². The normalized spacial score (nSPS) is 10.8. The van der Waals surface area contributed by atoms with E-state index in [4.69, 9.17) is 4.84 Å². The molecule has 0 unspecified atom stereocenters. The Hall–Kier alpha value is -2.70. The quantitative estimate of drug-likeness (QED) is 0.745. The lowest BCUT2D eigenvalue weighted by Crippen LogP contribution is -2.22. The van der Waals surface area contributed by atoms with Crippen molar-refractivity contribution in [3.8, 4) is 0 Å². The Labute approximate surface area is 126 Å². The summed E-state index contributed by atoms with van der Waals surface area (Å²) < 4.78 is 1.40. The molecule has 0 aliphatic carbocycles. The molecule has 0 bridgehead atoms. The topological polar surface area (TPSA) is 67.1 Å². The largest absolute Gasteiger partial charge is 0.391 e. The average molecular weight is 297 g/mol. The Morgan fingerprint density at radius 2 is 2.00 bits per heavy atom. The summed E-state index contributed by atoms with van der Waals surface area (Å²) in [4.78, 5) is 22.0. The number of aliphatic hydroxyl groups is 1. The van der Waals surface area contributed by atoms with E-state index in [1.807, 2.05) is 36.4 Å². The number of pyridine rings is 1. The van der Waals surface area contributed by atoms with Crippen molar-refractivity contribution in [3.05, 3.63) is 70.8 Å².